The predicted molar refractivity (Wildman–Crippen MR) is 72.1 cm³/mol. The molecule has 0 saturated carbocycles. The lowest BCUT2D eigenvalue weighted by atomic mass is 9.99. The Morgan fingerprint density at radius 2 is 2.05 bits per heavy atom. The summed E-state index contributed by atoms with van der Waals surface area (Å²) in [6.45, 7) is 0.514. The van der Waals surface area contributed by atoms with Gasteiger partial charge in [-0.25, -0.2) is 8.42 Å². The minimum atomic E-state index is -3.67. The van der Waals surface area contributed by atoms with Gasteiger partial charge < -0.3 is 5.73 Å². The average Bonchev–Trinajstić information content (AvgIpc) is 2.39. The first kappa shape index (κ1) is 14.3. The highest BCUT2D eigenvalue weighted by atomic mass is 35.5. The molecule has 1 fully saturated rings. The predicted octanol–water partition coefficient (Wildman–Crippen LogP) is 1.23. The van der Waals surface area contributed by atoms with Crippen molar-refractivity contribution in [1.82, 2.24) is 4.31 Å². The van der Waals surface area contributed by atoms with Crippen LogP contribution in [0.25, 0.3) is 0 Å². The van der Waals surface area contributed by atoms with Gasteiger partial charge in [0.15, 0.2) is 0 Å². The number of sulfonamides is 1. The first-order valence-electron chi connectivity index (χ1n) is 5.97. The van der Waals surface area contributed by atoms with Crippen LogP contribution in [0.15, 0.2) is 29.2 Å². The van der Waals surface area contributed by atoms with E-state index in [1.807, 2.05) is 0 Å². The highest BCUT2D eigenvalue weighted by molar-refractivity contribution is 7.89. The van der Waals surface area contributed by atoms with Gasteiger partial charge in [0, 0.05) is 13.1 Å². The number of carbonyl (C=O) groups excluding carboxylic acids is 1. The van der Waals surface area contributed by atoms with Crippen LogP contribution in [0.2, 0.25) is 5.02 Å². The van der Waals surface area contributed by atoms with E-state index in [9.17, 15) is 13.2 Å². The van der Waals surface area contributed by atoms with Crippen molar-refractivity contribution in [2.45, 2.75) is 17.7 Å². The minimum absolute atomic E-state index is 0.0711. The van der Waals surface area contributed by atoms with E-state index >= 15 is 0 Å². The second-order valence-corrected chi connectivity index (χ2v) is 6.85. The standard InChI is InChI=1S/C12H15ClN2O3S/c13-10-5-1-2-6-11(10)19(17,18)15-7-3-4-9(8-15)12(14)16/h1-2,5-6,9H,3-4,7-8H2,(H2,14,16). The summed E-state index contributed by atoms with van der Waals surface area (Å²) in [5.41, 5.74) is 5.25. The number of piperidine rings is 1. The number of halogens is 1. The Balaban J connectivity index is 2.30. The SMILES string of the molecule is NC(=O)C1CCCN(S(=O)(=O)c2ccccc2Cl)C1. The first-order valence-corrected chi connectivity index (χ1v) is 7.78. The highest BCUT2D eigenvalue weighted by Crippen LogP contribution is 2.27. The topological polar surface area (TPSA) is 80.5 Å². The molecule has 1 heterocycles. The third-order valence-corrected chi connectivity index (χ3v) is 5.61. The van der Waals surface area contributed by atoms with E-state index in [-0.39, 0.29) is 16.5 Å². The molecule has 0 radical (unpaired) electrons. The Hall–Kier alpha value is -1.11. The third kappa shape index (κ3) is 2.91. The zero-order chi connectivity index (χ0) is 14.0. The van der Waals surface area contributed by atoms with Crippen LogP contribution in [0, 0.1) is 5.92 Å². The summed E-state index contributed by atoms with van der Waals surface area (Å²) >= 11 is 5.93. The van der Waals surface area contributed by atoms with E-state index in [1.165, 1.54) is 16.4 Å². The van der Waals surface area contributed by atoms with E-state index in [4.69, 9.17) is 17.3 Å². The molecule has 1 amide bonds. The fraction of sp³-hybridized carbons (Fsp3) is 0.417. The van der Waals surface area contributed by atoms with Gasteiger partial charge in [-0.15, -0.1) is 0 Å². The van der Waals surface area contributed by atoms with Gasteiger partial charge in [0.2, 0.25) is 15.9 Å². The van der Waals surface area contributed by atoms with Gasteiger partial charge in [0.1, 0.15) is 4.90 Å². The van der Waals surface area contributed by atoms with Crippen LogP contribution >= 0.6 is 11.6 Å². The molecule has 0 spiro atoms. The molecule has 0 bridgehead atoms. The Morgan fingerprint density at radius 3 is 2.68 bits per heavy atom. The smallest absolute Gasteiger partial charge is 0.244 e. The first-order chi connectivity index (χ1) is 8.93. The summed E-state index contributed by atoms with van der Waals surface area (Å²) < 4.78 is 26.2. The maximum atomic E-state index is 12.5. The van der Waals surface area contributed by atoms with Crippen molar-refractivity contribution in [3.05, 3.63) is 29.3 Å². The molecular formula is C12H15ClN2O3S. The van der Waals surface area contributed by atoms with Crippen LogP contribution < -0.4 is 5.73 Å². The van der Waals surface area contributed by atoms with Crippen molar-refractivity contribution in [2.24, 2.45) is 11.7 Å². The molecule has 1 atom stereocenters. The summed E-state index contributed by atoms with van der Waals surface area (Å²) in [4.78, 5) is 11.3. The lowest BCUT2D eigenvalue weighted by Gasteiger charge is -2.30. The molecule has 1 saturated heterocycles. The number of nitrogens with zero attached hydrogens (tertiary/aromatic N) is 1. The van der Waals surface area contributed by atoms with E-state index in [0.717, 1.165) is 0 Å². The average molecular weight is 303 g/mol. The maximum absolute atomic E-state index is 12.5. The number of benzene rings is 1. The summed E-state index contributed by atoms with van der Waals surface area (Å²) in [6, 6.07) is 6.29. The van der Waals surface area contributed by atoms with Crippen molar-refractivity contribution >= 4 is 27.5 Å². The van der Waals surface area contributed by atoms with E-state index in [0.29, 0.717) is 19.4 Å². The maximum Gasteiger partial charge on any atom is 0.244 e. The Bertz CT molecular complexity index is 588. The number of hydrogen-bond donors (Lipinski definition) is 1. The van der Waals surface area contributed by atoms with Gasteiger partial charge in [-0.2, -0.15) is 4.31 Å². The number of nitrogens with two attached hydrogens (primary N) is 1. The second-order valence-electron chi connectivity index (χ2n) is 4.53. The molecule has 5 nitrogen and oxygen atoms in total. The van der Waals surface area contributed by atoms with Gasteiger partial charge >= 0.3 is 0 Å². The van der Waals surface area contributed by atoms with Crippen molar-refractivity contribution in [1.29, 1.82) is 0 Å². The van der Waals surface area contributed by atoms with Crippen LogP contribution in [0.3, 0.4) is 0 Å². The summed E-state index contributed by atoms with van der Waals surface area (Å²) in [5.74, 6) is -0.884. The lowest BCUT2D eigenvalue weighted by Crippen LogP contribution is -2.44. The molecule has 1 unspecified atom stereocenters. The van der Waals surface area contributed by atoms with Gasteiger partial charge in [-0.05, 0) is 25.0 Å². The Morgan fingerprint density at radius 1 is 1.37 bits per heavy atom. The molecule has 1 aliphatic rings. The molecule has 7 heteroatoms. The Kier molecular flexibility index (Phi) is 4.13. The number of carbonyl (C=O) groups is 1. The van der Waals surface area contributed by atoms with Crippen LogP contribution in [-0.4, -0.2) is 31.7 Å². The zero-order valence-electron chi connectivity index (χ0n) is 10.3. The molecule has 104 valence electrons. The molecule has 2 rings (SSSR count). The second kappa shape index (κ2) is 5.48. The Labute approximate surface area is 117 Å². The normalized spacial score (nSPS) is 21.2. The van der Waals surface area contributed by atoms with Gasteiger partial charge in [-0.3, -0.25) is 4.79 Å². The molecular weight excluding hydrogens is 288 g/mol. The third-order valence-electron chi connectivity index (χ3n) is 3.24. The monoisotopic (exact) mass is 302 g/mol. The quantitative estimate of drug-likeness (QED) is 0.912. The highest BCUT2D eigenvalue weighted by Gasteiger charge is 2.33. The van der Waals surface area contributed by atoms with Crippen LogP contribution in [0.5, 0.6) is 0 Å². The number of rotatable bonds is 3. The molecule has 2 N–H and O–H groups in total. The number of hydrogen-bond acceptors (Lipinski definition) is 3. The van der Waals surface area contributed by atoms with E-state index in [2.05, 4.69) is 0 Å². The van der Waals surface area contributed by atoms with Gasteiger partial charge in [0.05, 0.1) is 10.9 Å². The van der Waals surface area contributed by atoms with Crippen molar-refractivity contribution in [3.8, 4) is 0 Å². The minimum Gasteiger partial charge on any atom is -0.369 e. The summed E-state index contributed by atoms with van der Waals surface area (Å²) in [5, 5.41) is 0.184. The number of amides is 1. The van der Waals surface area contributed by atoms with Crippen molar-refractivity contribution in [2.75, 3.05) is 13.1 Å². The molecule has 1 aromatic rings. The molecule has 1 aromatic carbocycles. The van der Waals surface area contributed by atoms with Gasteiger partial charge in [-0.1, -0.05) is 23.7 Å². The van der Waals surface area contributed by atoms with Crippen molar-refractivity contribution in [3.63, 3.8) is 0 Å². The molecule has 0 aliphatic carbocycles. The molecule has 19 heavy (non-hydrogen) atoms. The van der Waals surface area contributed by atoms with Crippen LogP contribution in [0.4, 0.5) is 0 Å². The molecule has 1 aliphatic heterocycles. The van der Waals surface area contributed by atoms with Crippen LogP contribution in [-0.2, 0) is 14.8 Å². The van der Waals surface area contributed by atoms with Crippen LogP contribution in [0.1, 0.15) is 12.8 Å². The fourth-order valence-electron chi connectivity index (χ4n) is 2.19. The van der Waals surface area contributed by atoms with E-state index < -0.39 is 21.8 Å². The zero-order valence-corrected chi connectivity index (χ0v) is 11.8. The number of primary amides is 1. The summed E-state index contributed by atoms with van der Waals surface area (Å²) in [7, 11) is -3.67. The lowest BCUT2D eigenvalue weighted by molar-refractivity contribution is -0.122. The van der Waals surface area contributed by atoms with Crippen molar-refractivity contribution < 1.29 is 13.2 Å². The van der Waals surface area contributed by atoms with E-state index in [1.54, 1.807) is 12.1 Å². The molecule has 0 aromatic heterocycles. The van der Waals surface area contributed by atoms with Gasteiger partial charge in [0.25, 0.3) is 0 Å². The largest absolute Gasteiger partial charge is 0.369 e. The fourth-order valence-corrected chi connectivity index (χ4v) is 4.20. The summed E-state index contributed by atoms with van der Waals surface area (Å²) in [6.07, 6.45) is 1.25.